The molecule has 0 amide bonds. The Kier molecular flexibility index (Phi) is 8.66. The molecule has 2 N–H and O–H groups in total. The fourth-order valence-electron chi connectivity index (χ4n) is 4.09. The lowest BCUT2D eigenvalue weighted by Gasteiger charge is -2.19. The lowest BCUT2D eigenvalue weighted by Crippen LogP contribution is -2.20. The molecule has 0 radical (unpaired) electrons. The summed E-state index contributed by atoms with van der Waals surface area (Å²) in [5.74, 6) is 0.876. The van der Waals surface area contributed by atoms with E-state index in [9.17, 15) is 9.90 Å². The zero-order valence-electron chi connectivity index (χ0n) is 16.1. The van der Waals surface area contributed by atoms with Gasteiger partial charge in [0.15, 0.2) is 0 Å². The van der Waals surface area contributed by atoms with Crippen LogP contribution < -0.4 is 0 Å². The van der Waals surface area contributed by atoms with Crippen LogP contribution >= 0.6 is 0 Å². The maximum atomic E-state index is 10.6. The van der Waals surface area contributed by atoms with Crippen LogP contribution in [0.4, 0.5) is 0 Å². The summed E-state index contributed by atoms with van der Waals surface area (Å²) in [4.78, 5) is 10.6. The number of rotatable bonds is 11. The van der Waals surface area contributed by atoms with Crippen molar-refractivity contribution in [1.82, 2.24) is 0 Å². The van der Waals surface area contributed by atoms with E-state index in [1.54, 1.807) is 7.11 Å². The highest BCUT2D eigenvalue weighted by Crippen LogP contribution is 2.46. The molecule has 26 heavy (non-hydrogen) atoms. The van der Waals surface area contributed by atoms with E-state index in [1.807, 2.05) is 12.2 Å². The number of carboxylic acids is 1. The monoisotopic (exact) mass is 366 g/mol. The largest absolute Gasteiger partial charge is 0.495 e. The first-order valence-corrected chi connectivity index (χ1v) is 10.0. The normalized spacial score (nSPS) is 30.7. The third kappa shape index (κ3) is 6.13. The van der Waals surface area contributed by atoms with Gasteiger partial charge in [-0.25, -0.2) is 0 Å². The fraction of sp³-hybridized carbons (Fsp3) is 0.762. The predicted octanol–water partition coefficient (Wildman–Crippen LogP) is 4.06. The molecule has 5 nitrogen and oxygen atoms in total. The van der Waals surface area contributed by atoms with Crippen LogP contribution in [0.25, 0.3) is 0 Å². The molecule has 0 aromatic heterocycles. The van der Waals surface area contributed by atoms with Gasteiger partial charge in [-0.1, -0.05) is 38.3 Å². The number of allylic oxidation sites excluding steroid dienone is 2. The Bertz CT molecular complexity index is 499. The van der Waals surface area contributed by atoms with Gasteiger partial charge in [0.2, 0.25) is 0 Å². The summed E-state index contributed by atoms with van der Waals surface area (Å²) in [6.07, 6.45) is 13.5. The minimum atomic E-state index is -0.752. The van der Waals surface area contributed by atoms with Crippen molar-refractivity contribution in [2.45, 2.75) is 83.0 Å². The SMILES string of the molecule is CCCCC[C@H](O)C=C[C@@H]1[C@H]2CC(=CCCCC(=O)O)O[C@H]2C[C@H]1OC. The van der Waals surface area contributed by atoms with Crippen LogP contribution in [-0.2, 0) is 14.3 Å². The fourth-order valence-corrected chi connectivity index (χ4v) is 4.09. The third-order valence-corrected chi connectivity index (χ3v) is 5.53. The van der Waals surface area contributed by atoms with Crippen molar-refractivity contribution in [2.75, 3.05) is 7.11 Å². The van der Waals surface area contributed by atoms with Crippen molar-refractivity contribution in [1.29, 1.82) is 0 Å². The topological polar surface area (TPSA) is 76.0 Å². The van der Waals surface area contributed by atoms with Gasteiger partial charge in [0, 0.05) is 38.2 Å². The standard InChI is InChI=1S/C21H34O5/c1-3-4-5-8-15(22)11-12-17-18-13-16(9-6-7-10-21(23)24)26-20(18)14-19(17)25-2/h9,11-12,15,17-20,22H,3-8,10,13-14H2,1-2H3,(H,23,24)/t15-,17+,18+,19+,20-/m0/s1. The number of carbonyl (C=O) groups is 1. The van der Waals surface area contributed by atoms with E-state index in [1.165, 1.54) is 0 Å². The van der Waals surface area contributed by atoms with E-state index in [0.717, 1.165) is 50.7 Å². The number of hydrogen-bond acceptors (Lipinski definition) is 4. The Labute approximate surface area is 157 Å². The lowest BCUT2D eigenvalue weighted by atomic mass is 9.90. The number of aliphatic hydroxyl groups is 1. The molecular weight excluding hydrogens is 332 g/mol. The molecule has 0 unspecified atom stereocenters. The Morgan fingerprint density at radius 2 is 2.19 bits per heavy atom. The molecule has 0 spiro atoms. The van der Waals surface area contributed by atoms with Gasteiger partial charge < -0.3 is 19.7 Å². The molecule has 1 saturated carbocycles. The van der Waals surface area contributed by atoms with Gasteiger partial charge in [-0.2, -0.15) is 0 Å². The maximum Gasteiger partial charge on any atom is 0.303 e. The zero-order valence-corrected chi connectivity index (χ0v) is 16.1. The average Bonchev–Trinajstić information content (AvgIpc) is 3.14. The first-order valence-electron chi connectivity index (χ1n) is 10.0. The quantitative estimate of drug-likeness (QED) is 0.426. The van der Waals surface area contributed by atoms with Crippen LogP contribution in [0.2, 0.25) is 0 Å². The molecule has 1 saturated heterocycles. The van der Waals surface area contributed by atoms with Gasteiger partial charge in [0.1, 0.15) is 6.10 Å². The highest BCUT2D eigenvalue weighted by molar-refractivity contribution is 5.66. The summed E-state index contributed by atoms with van der Waals surface area (Å²) in [7, 11) is 1.74. The highest BCUT2D eigenvalue weighted by Gasteiger charge is 2.47. The van der Waals surface area contributed by atoms with Crippen molar-refractivity contribution >= 4 is 5.97 Å². The molecule has 1 heterocycles. The number of ether oxygens (including phenoxy) is 2. The molecule has 5 atom stereocenters. The molecule has 1 aliphatic carbocycles. The smallest absolute Gasteiger partial charge is 0.303 e. The Morgan fingerprint density at radius 3 is 2.88 bits per heavy atom. The van der Waals surface area contributed by atoms with Gasteiger partial charge in [-0.05, 0) is 25.3 Å². The number of unbranched alkanes of at least 4 members (excludes halogenated alkanes) is 3. The number of methoxy groups -OCH3 is 1. The van der Waals surface area contributed by atoms with Crippen LogP contribution in [0.1, 0.15) is 64.7 Å². The molecule has 2 rings (SSSR count). The number of aliphatic carboxylic acids is 1. The van der Waals surface area contributed by atoms with Crippen LogP contribution in [0.5, 0.6) is 0 Å². The summed E-state index contributed by atoms with van der Waals surface area (Å²) >= 11 is 0. The van der Waals surface area contributed by atoms with Crippen LogP contribution in [0.15, 0.2) is 24.0 Å². The van der Waals surface area contributed by atoms with Gasteiger partial charge >= 0.3 is 5.97 Å². The summed E-state index contributed by atoms with van der Waals surface area (Å²) < 4.78 is 11.7. The number of fused-ring (bicyclic) bond motifs is 1. The van der Waals surface area contributed by atoms with Crippen molar-refractivity contribution < 1.29 is 24.5 Å². The number of hydrogen-bond donors (Lipinski definition) is 2. The summed E-state index contributed by atoms with van der Waals surface area (Å²) in [6, 6.07) is 0. The zero-order chi connectivity index (χ0) is 18.9. The Morgan fingerprint density at radius 1 is 1.38 bits per heavy atom. The molecule has 2 fully saturated rings. The van der Waals surface area contributed by atoms with Gasteiger partial charge in [0.25, 0.3) is 0 Å². The minimum Gasteiger partial charge on any atom is -0.495 e. The summed E-state index contributed by atoms with van der Waals surface area (Å²) in [6.45, 7) is 2.16. The van der Waals surface area contributed by atoms with E-state index in [-0.39, 0.29) is 30.7 Å². The maximum absolute atomic E-state index is 10.6. The van der Waals surface area contributed by atoms with Gasteiger partial charge in [-0.3, -0.25) is 4.79 Å². The third-order valence-electron chi connectivity index (χ3n) is 5.53. The van der Waals surface area contributed by atoms with E-state index >= 15 is 0 Å². The Hall–Kier alpha value is -1.33. The molecular formula is C21H34O5. The molecule has 5 heteroatoms. The van der Waals surface area contributed by atoms with Crippen LogP contribution in [0.3, 0.4) is 0 Å². The Balaban J connectivity index is 1.88. The molecule has 0 aromatic rings. The van der Waals surface area contributed by atoms with E-state index < -0.39 is 5.97 Å². The molecule has 0 bridgehead atoms. The van der Waals surface area contributed by atoms with E-state index in [0.29, 0.717) is 12.3 Å². The van der Waals surface area contributed by atoms with E-state index in [2.05, 4.69) is 13.0 Å². The average molecular weight is 366 g/mol. The predicted molar refractivity (Wildman–Crippen MR) is 101 cm³/mol. The van der Waals surface area contributed by atoms with Crippen molar-refractivity contribution in [2.24, 2.45) is 11.8 Å². The second-order valence-electron chi connectivity index (χ2n) is 7.52. The van der Waals surface area contributed by atoms with E-state index in [4.69, 9.17) is 14.6 Å². The molecule has 2 aliphatic rings. The number of aliphatic hydroxyl groups excluding tert-OH is 1. The highest BCUT2D eigenvalue weighted by atomic mass is 16.5. The number of carboxylic acid groups (broad SMARTS) is 1. The molecule has 148 valence electrons. The lowest BCUT2D eigenvalue weighted by molar-refractivity contribution is -0.137. The van der Waals surface area contributed by atoms with Crippen LogP contribution in [0, 0.1) is 11.8 Å². The minimum absolute atomic E-state index is 0.137. The van der Waals surface area contributed by atoms with Gasteiger partial charge in [-0.15, -0.1) is 0 Å². The first-order chi connectivity index (χ1) is 12.5. The van der Waals surface area contributed by atoms with Crippen molar-refractivity contribution in [3.8, 4) is 0 Å². The summed E-state index contributed by atoms with van der Waals surface area (Å²) in [5, 5.41) is 18.9. The molecule has 1 aliphatic heterocycles. The second-order valence-corrected chi connectivity index (χ2v) is 7.52. The van der Waals surface area contributed by atoms with Crippen molar-refractivity contribution in [3.63, 3.8) is 0 Å². The second kappa shape index (κ2) is 10.7. The molecule has 0 aromatic carbocycles. The summed E-state index contributed by atoms with van der Waals surface area (Å²) in [5.41, 5.74) is 0. The van der Waals surface area contributed by atoms with Crippen molar-refractivity contribution in [3.05, 3.63) is 24.0 Å². The van der Waals surface area contributed by atoms with Crippen LogP contribution in [-0.4, -0.2) is 41.6 Å². The first kappa shape index (κ1) is 21.0. The van der Waals surface area contributed by atoms with Gasteiger partial charge in [0.05, 0.1) is 18.0 Å².